The van der Waals surface area contributed by atoms with Crippen molar-refractivity contribution in [1.29, 1.82) is 0 Å². The number of nitrogens with two attached hydrogens (primary N) is 1. The molecule has 0 unspecified atom stereocenters. The molecule has 0 aliphatic carbocycles. The highest BCUT2D eigenvalue weighted by molar-refractivity contribution is 5.46. The lowest BCUT2D eigenvalue weighted by atomic mass is 10.2. The first-order valence-corrected chi connectivity index (χ1v) is 7.14. The number of rotatable bonds is 8. The van der Waals surface area contributed by atoms with E-state index in [1.807, 2.05) is 48.5 Å². The first-order chi connectivity index (χ1) is 10.3. The predicted octanol–water partition coefficient (Wildman–Crippen LogP) is 2.82. The number of aryl methyl sites for hydroxylation is 1. The number of ether oxygens (including phenoxy) is 2. The van der Waals surface area contributed by atoms with Gasteiger partial charge in [-0.3, -0.25) is 0 Å². The smallest absolute Gasteiger partial charge is 0.122 e. The quantitative estimate of drug-likeness (QED) is 0.733. The summed E-state index contributed by atoms with van der Waals surface area (Å²) in [6, 6.07) is 15.8. The van der Waals surface area contributed by atoms with E-state index in [0.29, 0.717) is 19.8 Å². The molecule has 21 heavy (non-hydrogen) atoms. The molecule has 0 heterocycles. The number of hydrogen-bond donors (Lipinski definition) is 2. The van der Waals surface area contributed by atoms with Crippen LogP contribution in [0.4, 0.5) is 5.69 Å². The fourth-order valence-electron chi connectivity index (χ4n) is 1.84. The summed E-state index contributed by atoms with van der Waals surface area (Å²) in [6.07, 6.45) is 0. The topological polar surface area (TPSA) is 56.5 Å². The summed E-state index contributed by atoms with van der Waals surface area (Å²) in [6.45, 7) is 4.48. The van der Waals surface area contributed by atoms with Crippen LogP contribution in [0.25, 0.3) is 0 Å². The Morgan fingerprint density at radius 3 is 1.90 bits per heavy atom. The molecular formula is C17H22N2O2. The minimum absolute atomic E-state index is 0.517. The van der Waals surface area contributed by atoms with E-state index in [-0.39, 0.29) is 0 Å². The first-order valence-electron chi connectivity index (χ1n) is 7.14. The molecule has 0 saturated heterocycles. The number of anilines is 1. The van der Waals surface area contributed by atoms with E-state index >= 15 is 0 Å². The molecule has 4 heteroatoms. The van der Waals surface area contributed by atoms with E-state index < -0.39 is 0 Å². The highest BCUT2D eigenvalue weighted by Gasteiger charge is 1.97. The Bertz CT molecular complexity index is 523. The average Bonchev–Trinajstić information content (AvgIpc) is 2.52. The Kier molecular flexibility index (Phi) is 5.91. The van der Waals surface area contributed by atoms with Gasteiger partial charge in [0.05, 0.1) is 0 Å². The summed E-state index contributed by atoms with van der Waals surface area (Å²) in [5, 5.41) is 3.21. The van der Waals surface area contributed by atoms with Crippen LogP contribution in [-0.4, -0.2) is 26.3 Å². The summed E-state index contributed by atoms with van der Waals surface area (Å²) in [7, 11) is 0. The molecule has 0 atom stereocenters. The van der Waals surface area contributed by atoms with Gasteiger partial charge < -0.3 is 20.5 Å². The molecule has 2 rings (SSSR count). The monoisotopic (exact) mass is 286 g/mol. The zero-order chi connectivity index (χ0) is 14.9. The zero-order valence-corrected chi connectivity index (χ0v) is 12.3. The van der Waals surface area contributed by atoms with Gasteiger partial charge in [0.1, 0.15) is 24.7 Å². The van der Waals surface area contributed by atoms with Crippen LogP contribution in [-0.2, 0) is 0 Å². The lowest BCUT2D eigenvalue weighted by Gasteiger charge is -2.09. The molecule has 2 aromatic rings. The molecule has 0 aliphatic rings. The molecule has 0 saturated carbocycles. The van der Waals surface area contributed by atoms with Gasteiger partial charge in [0, 0.05) is 18.8 Å². The van der Waals surface area contributed by atoms with E-state index in [1.54, 1.807) is 0 Å². The molecule has 112 valence electrons. The third-order valence-electron chi connectivity index (χ3n) is 2.97. The van der Waals surface area contributed by atoms with Crippen LogP contribution in [0.3, 0.4) is 0 Å². The van der Waals surface area contributed by atoms with Gasteiger partial charge in [-0.25, -0.2) is 0 Å². The molecule has 0 bridgehead atoms. The van der Waals surface area contributed by atoms with E-state index in [4.69, 9.17) is 15.2 Å². The van der Waals surface area contributed by atoms with Crippen LogP contribution in [0.15, 0.2) is 48.5 Å². The third kappa shape index (κ3) is 5.36. The van der Waals surface area contributed by atoms with Crippen LogP contribution in [0.5, 0.6) is 11.5 Å². The number of benzene rings is 2. The molecular weight excluding hydrogens is 264 g/mol. The Morgan fingerprint density at radius 2 is 1.38 bits per heavy atom. The fourth-order valence-corrected chi connectivity index (χ4v) is 1.84. The molecule has 0 radical (unpaired) electrons. The molecule has 0 spiro atoms. The Hall–Kier alpha value is -2.20. The standard InChI is InChI=1S/C17H22N2O2/c1-14-2-6-16(7-3-14)20-12-13-21-17-8-4-15(5-9-17)19-11-10-18/h2-9,19H,10-13,18H2,1H3. The summed E-state index contributed by atoms with van der Waals surface area (Å²) in [5.74, 6) is 1.70. The second-order valence-corrected chi connectivity index (χ2v) is 4.75. The highest BCUT2D eigenvalue weighted by atomic mass is 16.5. The lowest BCUT2D eigenvalue weighted by molar-refractivity contribution is 0.217. The average molecular weight is 286 g/mol. The zero-order valence-electron chi connectivity index (χ0n) is 12.3. The maximum absolute atomic E-state index is 5.63. The molecule has 0 amide bonds. The SMILES string of the molecule is Cc1ccc(OCCOc2ccc(NCCN)cc2)cc1. The van der Waals surface area contributed by atoms with Crippen LogP contribution in [0, 0.1) is 6.92 Å². The van der Waals surface area contributed by atoms with Crippen molar-refractivity contribution >= 4 is 5.69 Å². The van der Waals surface area contributed by atoms with Crippen LogP contribution in [0.2, 0.25) is 0 Å². The largest absolute Gasteiger partial charge is 0.490 e. The summed E-state index contributed by atoms with van der Waals surface area (Å²) in [4.78, 5) is 0. The van der Waals surface area contributed by atoms with Gasteiger partial charge in [-0.2, -0.15) is 0 Å². The van der Waals surface area contributed by atoms with Crippen molar-refractivity contribution in [3.63, 3.8) is 0 Å². The van der Waals surface area contributed by atoms with E-state index in [1.165, 1.54) is 5.56 Å². The maximum Gasteiger partial charge on any atom is 0.122 e. The highest BCUT2D eigenvalue weighted by Crippen LogP contribution is 2.16. The number of nitrogens with one attached hydrogen (secondary N) is 1. The van der Waals surface area contributed by atoms with E-state index in [0.717, 1.165) is 23.7 Å². The predicted molar refractivity (Wildman–Crippen MR) is 86.2 cm³/mol. The van der Waals surface area contributed by atoms with Crippen molar-refractivity contribution < 1.29 is 9.47 Å². The van der Waals surface area contributed by atoms with Gasteiger partial charge in [0.15, 0.2) is 0 Å². The minimum Gasteiger partial charge on any atom is -0.490 e. The van der Waals surface area contributed by atoms with Crippen LogP contribution >= 0.6 is 0 Å². The van der Waals surface area contributed by atoms with Crippen molar-refractivity contribution in [2.45, 2.75) is 6.92 Å². The Labute approximate surface area is 125 Å². The van der Waals surface area contributed by atoms with Crippen molar-refractivity contribution in [3.05, 3.63) is 54.1 Å². The van der Waals surface area contributed by atoms with Gasteiger partial charge in [-0.05, 0) is 43.3 Å². The van der Waals surface area contributed by atoms with Crippen LogP contribution in [0.1, 0.15) is 5.56 Å². The van der Waals surface area contributed by atoms with E-state index in [9.17, 15) is 0 Å². The fraction of sp³-hybridized carbons (Fsp3) is 0.294. The third-order valence-corrected chi connectivity index (χ3v) is 2.97. The molecule has 0 aliphatic heterocycles. The van der Waals surface area contributed by atoms with Gasteiger partial charge in [-0.1, -0.05) is 17.7 Å². The van der Waals surface area contributed by atoms with Gasteiger partial charge in [0.2, 0.25) is 0 Å². The van der Waals surface area contributed by atoms with Crippen molar-refractivity contribution in [1.82, 2.24) is 0 Å². The normalized spacial score (nSPS) is 10.2. The van der Waals surface area contributed by atoms with Crippen LogP contribution < -0.4 is 20.5 Å². The second-order valence-electron chi connectivity index (χ2n) is 4.75. The summed E-state index contributed by atoms with van der Waals surface area (Å²) >= 11 is 0. The van der Waals surface area contributed by atoms with Gasteiger partial charge in [0.25, 0.3) is 0 Å². The minimum atomic E-state index is 0.517. The molecule has 2 aromatic carbocycles. The molecule has 0 fully saturated rings. The summed E-state index contributed by atoms with van der Waals surface area (Å²) in [5.41, 5.74) is 7.71. The van der Waals surface area contributed by atoms with E-state index in [2.05, 4.69) is 12.2 Å². The lowest BCUT2D eigenvalue weighted by Crippen LogP contribution is -2.13. The Morgan fingerprint density at radius 1 is 0.857 bits per heavy atom. The Balaban J connectivity index is 1.69. The second kappa shape index (κ2) is 8.17. The van der Waals surface area contributed by atoms with Crippen molar-refractivity contribution in [3.8, 4) is 11.5 Å². The maximum atomic E-state index is 5.63. The molecule has 3 N–H and O–H groups in total. The number of hydrogen-bond acceptors (Lipinski definition) is 4. The first kappa shape index (κ1) is 15.2. The van der Waals surface area contributed by atoms with Crippen molar-refractivity contribution in [2.24, 2.45) is 5.73 Å². The van der Waals surface area contributed by atoms with Gasteiger partial charge >= 0.3 is 0 Å². The molecule has 0 aromatic heterocycles. The molecule has 4 nitrogen and oxygen atoms in total. The van der Waals surface area contributed by atoms with Crippen molar-refractivity contribution in [2.75, 3.05) is 31.6 Å². The van der Waals surface area contributed by atoms with Gasteiger partial charge in [-0.15, -0.1) is 0 Å². The summed E-state index contributed by atoms with van der Waals surface area (Å²) < 4.78 is 11.2.